The predicted molar refractivity (Wildman–Crippen MR) is 88.6 cm³/mol. The van der Waals surface area contributed by atoms with Crippen LogP contribution in [0.15, 0.2) is 24.3 Å². The molecule has 116 valence electrons. The number of ether oxygens (including phenoxy) is 1. The molecule has 0 saturated carbocycles. The SMILES string of the molecule is CN1[C@@H]2CC[C@H]1CC(Oc1nnc(-c3ccc(Cl)cc3)s1)C2. The van der Waals surface area contributed by atoms with Crippen molar-refractivity contribution >= 4 is 22.9 Å². The average Bonchev–Trinajstić information content (AvgIpc) is 3.03. The van der Waals surface area contributed by atoms with Gasteiger partial charge in [-0.05, 0) is 44.9 Å². The van der Waals surface area contributed by atoms with Crippen molar-refractivity contribution in [1.29, 1.82) is 0 Å². The highest BCUT2D eigenvalue weighted by Gasteiger charge is 2.39. The molecule has 0 radical (unpaired) electrons. The van der Waals surface area contributed by atoms with Crippen molar-refractivity contribution in [2.24, 2.45) is 0 Å². The van der Waals surface area contributed by atoms with Crippen molar-refractivity contribution in [3.8, 4) is 15.8 Å². The Morgan fingerprint density at radius 1 is 1.14 bits per heavy atom. The van der Waals surface area contributed by atoms with Gasteiger partial charge in [-0.15, -0.1) is 5.10 Å². The fraction of sp³-hybridized carbons (Fsp3) is 0.500. The summed E-state index contributed by atoms with van der Waals surface area (Å²) in [5.74, 6) is 0. The largest absolute Gasteiger partial charge is 0.465 e. The highest BCUT2D eigenvalue weighted by atomic mass is 35.5. The molecule has 2 aromatic rings. The Kier molecular flexibility index (Phi) is 3.80. The van der Waals surface area contributed by atoms with Crippen molar-refractivity contribution in [1.82, 2.24) is 15.1 Å². The van der Waals surface area contributed by atoms with Crippen molar-refractivity contribution < 1.29 is 4.74 Å². The van der Waals surface area contributed by atoms with Gasteiger partial charge < -0.3 is 9.64 Å². The number of benzene rings is 1. The zero-order valence-corrected chi connectivity index (χ0v) is 14.0. The van der Waals surface area contributed by atoms with E-state index in [1.54, 1.807) is 0 Å². The maximum atomic E-state index is 6.10. The van der Waals surface area contributed by atoms with E-state index >= 15 is 0 Å². The van der Waals surface area contributed by atoms with Gasteiger partial charge in [0.1, 0.15) is 6.10 Å². The van der Waals surface area contributed by atoms with Gasteiger partial charge in [0, 0.05) is 22.7 Å². The van der Waals surface area contributed by atoms with E-state index in [0.717, 1.165) is 28.4 Å². The van der Waals surface area contributed by atoms with E-state index in [1.807, 2.05) is 24.3 Å². The Morgan fingerprint density at radius 2 is 1.82 bits per heavy atom. The second-order valence-electron chi connectivity index (χ2n) is 6.14. The molecule has 4 rings (SSSR count). The van der Waals surface area contributed by atoms with Gasteiger partial charge >= 0.3 is 0 Å². The van der Waals surface area contributed by atoms with Crippen LogP contribution < -0.4 is 4.74 Å². The second-order valence-corrected chi connectivity index (χ2v) is 7.52. The van der Waals surface area contributed by atoms with Crippen molar-refractivity contribution in [2.45, 2.75) is 43.9 Å². The third-order valence-electron chi connectivity index (χ3n) is 4.82. The lowest BCUT2D eigenvalue weighted by molar-refractivity contribution is 0.0655. The number of hydrogen-bond acceptors (Lipinski definition) is 5. The quantitative estimate of drug-likeness (QED) is 0.853. The van der Waals surface area contributed by atoms with E-state index in [0.29, 0.717) is 17.3 Å². The number of piperidine rings is 1. The molecule has 2 saturated heterocycles. The summed E-state index contributed by atoms with van der Waals surface area (Å²) in [5.41, 5.74) is 1.03. The summed E-state index contributed by atoms with van der Waals surface area (Å²) in [6.45, 7) is 0. The smallest absolute Gasteiger partial charge is 0.294 e. The van der Waals surface area contributed by atoms with Gasteiger partial charge in [0.2, 0.25) is 0 Å². The van der Waals surface area contributed by atoms with Gasteiger partial charge in [-0.1, -0.05) is 40.2 Å². The first-order valence-corrected chi connectivity index (χ1v) is 8.86. The van der Waals surface area contributed by atoms with E-state index in [2.05, 4.69) is 22.1 Å². The topological polar surface area (TPSA) is 38.2 Å². The number of aromatic nitrogens is 2. The van der Waals surface area contributed by atoms with Crippen LogP contribution in [0.4, 0.5) is 0 Å². The summed E-state index contributed by atoms with van der Waals surface area (Å²) < 4.78 is 6.10. The highest BCUT2D eigenvalue weighted by molar-refractivity contribution is 7.16. The summed E-state index contributed by atoms with van der Waals surface area (Å²) in [6.07, 6.45) is 5.08. The Bertz CT molecular complexity index is 646. The molecule has 3 heterocycles. The molecule has 4 nitrogen and oxygen atoms in total. The molecule has 0 amide bonds. The molecule has 1 aromatic carbocycles. The molecule has 1 aromatic heterocycles. The van der Waals surface area contributed by atoms with Gasteiger partial charge in [-0.2, -0.15) is 0 Å². The normalized spacial score (nSPS) is 28.0. The number of halogens is 1. The molecule has 0 N–H and O–H groups in total. The summed E-state index contributed by atoms with van der Waals surface area (Å²) in [5, 5.41) is 10.7. The van der Waals surface area contributed by atoms with E-state index < -0.39 is 0 Å². The van der Waals surface area contributed by atoms with Gasteiger partial charge in [0.25, 0.3) is 5.19 Å². The molecular weight excluding hydrogens is 318 g/mol. The molecular formula is C16H18ClN3OS. The van der Waals surface area contributed by atoms with Crippen molar-refractivity contribution in [2.75, 3.05) is 7.05 Å². The number of nitrogens with zero attached hydrogens (tertiary/aromatic N) is 3. The molecule has 3 atom stereocenters. The lowest BCUT2D eigenvalue weighted by Crippen LogP contribution is -2.43. The summed E-state index contributed by atoms with van der Waals surface area (Å²) in [7, 11) is 2.24. The van der Waals surface area contributed by atoms with Crippen molar-refractivity contribution in [3.63, 3.8) is 0 Å². The lowest BCUT2D eigenvalue weighted by Gasteiger charge is -2.35. The maximum Gasteiger partial charge on any atom is 0.294 e. The molecule has 2 aliphatic heterocycles. The average molecular weight is 336 g/mol. The number of rotatable bonds is 3. The van der Waals surface area contributed by atoms with E-state index in [4.69, 9.17) is 16.3 Å². The predicted octanol–water partition coefficient (Wildman–Crippen LogP) is 3.86. The minimum absolute atomic E-state index is 0.278. The monoisotopic (exact) mass is 335 g/mol. The van der Waals surface area contributed by atoms with E-state index in [1.165, 1.54) is 24.2 Å². The molecule has 2 fully saturated rings. The van der Waals surface area contributed by atoms with Crippen LogP contribution in [0.5, 0.6) is 5.19 Å². The van der Waals surface area contributed by atoms with E-state index in [9.17, 15) is 0 Å². The second kappa shape index (κ2) is 5.80. The summed E-state index contributed by atoms with van der Waals surface area (Å²) in [6, 6.07) is 9.01. The van der Waals surface area contributed by atoms with Crippen LogP contribution in [0.25, 0.3) is 10.6 Å². The third kappa shape index (κ3) is 2.73. The Hall–Kier alpha value is -1.17. The summed E-state index contributed by atoms with van der Waals surface area (Å²) >= 11 is 7.42. The van der Waals surface area contributed by atoms with Crippen LogP contribution in [0, 0.1) is 0 Å². The zero-order chi connectivity index (χ0) is 15.1. The molecule has 22 heavy (non-hydrogen) atoms. The van der Waals surface area contributed by atoms with E-state index in [-0.39, 0.29) is 6.10 Å². The molecule has 0 spiro atoms. The first-order valence-electron chi connectivity index (χ1n) is 7.67. The Labute approximate surface area is 139 Å². The lowest BCUT2D eigenvalue weighted by atomic mass is 10.0. The standard InChI is InChI=1S/C16H18ClN3OS/c1-20-12-6-7-13(20)9-14(8-12)21-16-19-18-15(22-16)10-2-4-11(17)5-3-10/h2-5,12-14H,6-9H2,1H3/t12-,13+,14?. The molecule has 1 unspecified atom stereocenters. The first-order chi connectivity index (χ1) is 10.7. The number of fused-ring (bicyclic) bond motifs is 2. The molecule has 2 bridgehead atoms. The van der Waals surface area contributed by atoms with Crippen LogP contribution in [0.3, 0.4) is 0 Å². The van der Waals surface area contributed by atoms with Gasteiger partial charge in [-0.25, -0.2) is 0 Å². The molecule has 6 heteroatoms. The molecule has 2 aliphatic rings. The van der Waals surface area contributed by atoms with Crippen LogP contribution in [-0.4, -0.2) is 40.3 Å². The Balaban J connectivity index is 1.45. The van der Waals surface area contributed by atoms with Gasteiger partial charge in [0.05, 0.1) is 0 Å². The zero-order valence-electron chi connectivity index (χ0n) is 12.4. The minimum Gasteiger partial charge on any atom is -0.465 e. The third-order valence-corrected chi connectivity index (χ3v) is 5.94. The van der Waals surface area contributed by atoms with Crippen LogP contribution in [0.1, 0.15) is 25.7 Å². The van der Waals surface area contributed by atoms with Crippen molar-refractivity contribution in [3.05, 3.63) is 29.3 Å². The summed E-state index contributed by atoms with van der Waals surface area (Å²) in [4.78, 5) is 2.51. The highest BCUT2D eigenvalue weighted by Crippen LogP contribution is 2.37. The maximum absolute atomic E-state index is 6.10. The molecule has 0 aliphatic carbocycles. The number of hydrogen-bond donors (Lipinski definition) is 0. The fourth-order valence-corrected chi connectivity index (χ4v) is 4.46. The van der Waals surface area contributed by atoms with Gasteiger partial charge in [-0.3, -0.25) is 0 Å². The Morgan fingerprint density at radius 3 is 2.50 bits per heavy atom. The van der Waals surface area contributed by atoms with Crippen LogP contribution in [-0.2, 0) is 0 Å². The van der Waals surface area contributed by atoms with Gasteiger partial charge in [0.15, 0.2) is 5.01 Å². The van der Waals surface area contributed by atoms with Crippen LogP contribution >= 0.6 is 22.9 Å². The first kappa shape index (κ1) is 14.4. The fourth-order valence-electron chi connectivity index (χ4n) is 3.57. The van der Waals surface area contributed by atoms with Crippen LogP contribution in [0.2, 0.25) is 5.02 Å². The minimum atomic E-state index is 0.278.